The van der Waals surface area contributed by atoms with Gasteiger partial charge in [-0.15, -0.1) is 5.10 Å². The van der Waals surface area contributed by atoms with E-state index in [2.05, 4.69) is 15.5 Å². The van der Waals surface area contributed by atoms with E-state index in [4.69, 9.17) is 4.74 Å². The van der Waals surface area contributed by atoms with Gasteiger partial charge in [-0.3, -0.25) is 9.36 Å². The maximum Gasteiger partial charge on any atom is 0.343 e. The fraction of sp³-hybridized carbons (Fsp3) is 0.769. The monoisotopic (exact) mass is 314 g/mol. The fourth-order valence-electron chi connectivity index (χ4n) is 2.77. The molecule has 2 N–H and O–H groups in total. The van der Waals surface area contributed by atoms with E-state index < -0.39 is 5.54 Å². The van der Waals surface area contributed by atoms with E-state index in [0.29, 0.717) is 18.1 Å². The van der Waals surface area contributed by atoms with Gasteiger partial charge in [-0.1, -0.05) is 18.7 Å². The summed E-state index contributed by atoms with van der Waals surface area (Å²) in [6.45, 7) is 2.67. The van der Waals surface area contributed by atoms with Gasteiger partial charge in [-0.2, -0.15) is 0 Å². The molecule has 2 atom stereocenters. The van der Waals surface area contributed by atoms with Crippen molar-refractivity contribution in [1.29, 1.82) is 0 Å². The summed E-state index contributed by atoms with van der Waals surface area (Å²) < 4.78 is 6.56. The van der Waals surface area contributed by atoms with Gasteiger partial charge in [0.2, 0.25) is 0 Å². The zero-order valence-corrected chi connectivity index (χ0v) is 13.5. The molecule has 2 rings (SSSR count). The second-order valence-electron chi connectivity index (χ2n) is 5.27. The third-order valence-electron chi connectivity index (χ3n) is 3.97. The van der Waals surface area contributed by atoms with E-state index in [-0.39, 0.29) is 16.9 Å². The van der Waals surface area contributed by atoms with E-state index in [9.17, 15) is 9.59 Å². The van der Waals surface area contributed by atoms with Crippen LogP contribution in [0.2, 0.25) is 0 Å². The van der Waals surface area contributed by atoms with Crippen molar-refractivity contribution in [2.45, 2.75) is 55.1 Å². The number of esters is 1. The highest BCUT2D eigenvalue weighted by atomic mass is 32.2. The van der Waals surface area contributed by atoms with Crippen molar-refractivity contribution < 1.29 is 9.53 Å². The van der Waals surface area contributed by atoms with Crippen molar-refractivity contribution in [1.82, 2.24) is 20.1 Å². The summed E-state index contributed by atoms with van der Waals surface area (Å²) in [7, 11) is 3.19. The van der Waals surface area contributed by atoms with Crippen LogP contribution in [-0.4, -0.2) is 45.7 Å². The Morgan fingerprint density at radius 1 is 1.67 bits per heavy atom. The van der Waals surface area contributed by atoms with Crippen LogP contribution in [0.4, 0.5) is 0 Å². The van der Waals surface area contributed by atoms with Crippen LogP contribution in [0.5, 0.6) is 0 Å². The summed E-state index contributed by atoms with van der Waals surface area (Å²) in [5.74, 6) is -0.221. The third-order valence-corrected chi connectivity index (χ3v) is 5.22. The topological polar surface area (TPSA) is 89.0 Å². The number of hydrogen-bond acceptors (Lipinski definition) is 6. The van der Waals surface area contributed by atoms with Gasteiger partial charge >= 0.3 is 11.7 Å². The van der Waals surface area contributed by atoms with Gasteiger partial charge < -0.3 is 10.1 Å². The lowest BCUT2D eigenvalue weighted by atomic mass is 9.98. The first-order valence-corrected chi connectivity index (χ1v) is 8.03. The Kier molecular flexibility index (Phi) is 5.10. The number of nitrogens with zero attached hydrogens (tertiary/aromatic N) is 2. The van der Waals surface area contributed by atoms with Crippen molar-refractivity contribution >= 4 is 17.7 Å². The standard InChI is InChI=1S/C13H22N4O3S/c1-4-7-17-11(19)15-16-12(17)21-9-5-6-13(8-9,14-2)10(18)20-3/h9,14H,4-8H2,1-3H3,(H,15,19). The van der Waals surface area contributed by atoms with Gasteiger partial charge in [-0.05, 0) is 32.7 Å². The molecule has 0 saturated heterocycles. The normalized spacial score (nSPS) is 25.2. The molecule has 1 fully saturated rings. The summed E-state index contributed by atoms with van der Waals surface area (Å²) in [5.41, 5.74) is -0.788. The Bertz CT molecular complexity index is 556. The average molecular weight is 314 g/mol. The van der Waals surface area contributed by atoms with Crippen LogP contribution >= 0.6 is 11.8 Å². The lowest BCUT2D eigenvalue weighted by molar-refractivity contribution is -0.148. The van der Waals surface area contributed by atoms with Crippen molar-refractivity contribution in [3.63, 3.8) is 0 Å². The molecule has 1 aromatic heterocycles. The maximum atomic E-state index is 12.0. The van der Waals surface area contributed by atoms with Gasteiger partial charge in [0.05, 0.1) is 7.11 Å². The molecule has 118 valence electrons. The Hall–Kier alpha value is -1.28. The van der Waals surface area contributed by atoms with Crippen molar-refractivity contribution in [3.05, 3.63) is 10.5 Å². The molecule has 7 nitrogen and oxygen atoms in total. The molecule has 1 aromatic rings. The SMILES string of the molecule is CCCn1c(SC2CCC(NC)(C(=O)OC)C2)n[nH]c1=O. The number of carbonyl (C=O) groups excluding carboxylic acids is 1. The predicted molar refractivity (Wildman–Crippen MR) is 80.4 cm³/mol. The highest BCUT2D eigenvalue weighted by Gasteiger charge is 2.45. The van der Waals surface area contributed by atoms with Crippen molar-refractivity contribution in [2.75, 3.05) is 14.2 Å². The number of methoxy groups -OCH3 is 1. The number of ether oxygens (including phenoxy) is 1. The second kappa shape index (κ2) is 6.65. The molecule has 1 aliphatic carbocycles. The zero-order chi connectivity index (χ0) is 15.5. The van der Waals surface area contributed by atoms with Crippen molar-refractivity contribution in [3.8, 4) is 0 Å². The number of rotatable bonds is 6. The largest absolute Gasteiger partial charge is 0.468 e. The van der Waals surface area contributed by atoms with Gasteiger partial charge in [0.1, 0.15) is 5.54 Å². The Labute approximate surface area is 127 Å². The van der Waals surface area contributed by atoms with Gasteiger partial charge in [0.25, 0.3) is 0 Å². The molecule has 21 heavy (non-hydrogen) atoms. The fourth-order valence-corrected chi connectivity index (χ4v) is 4.08. The molecule has 0 aliphatic heterocycles. The first kappa shape index (κ1) is 16.1. The lowest BCUT2D eigenvalue weighted by Gasteiger charge is -2.25. The van der Waals surface area contributed by atoms with E-state index in [1.165, 1.54) is 7.11 Å². The smallest absolute Gasteiger partial charge is 0.343 e. The van der Waals surface area contributed by atoms with Gasteiger partial charge in [0.15, 0.2) is 5.16 Å². The number of aromatic nitrogens is 3. The summed E-state index contributed by atoms with van der Waals surface area (Å²) in [6.07, 6.45) is 3.17. The number of H-pyrrole nitrogens is 1. The molecule has 0 bridgehead atoms. The van der Waals surface area contributed by atoms with Crippen LogP contribution in [0.15, 0.2) is 9.95 Å². The first-order chi connectivity index (χ1) is 10.1. The molecule has 1 saturated carbocycles. The van der Waals surface area contributed by atoms with Crippen LogP contribution < -0.4 is 11.0 Å². The molecular formula is C13H22N4O3S. The zero-order valence-electron chi connectivity index (χ0n) is 12.6. The maximum absolute atomic E-state index is 12.0. The number of hydrogen-bond donors (Lipinski definition) is 2. The Morgan fingerprint density at radius 3 is 3.05 bits per heavy atom. The summed E-state index contributed by atoms with van der Waals surface area (Å²) in [4.78, 5) is 23.7. The lowest BCUT2D eigenvalue weighted by Crippen LogP contribution is -2.49. The van der Waals surface area contributed by atoms with Gasteiger partial charge in [-0.25, -0.2) is 9.89 Å². The number of likely N-dealkylation sites (N-methyl/N-ethyl adjacent to an activating group) is 1. The van der Waals surface area contributed by atoms with Crippen LogP contribution in [-0.2, 0) is 16.1 Å². The summed E-state index contributed by atoms with van der Waals surface area (Å²) >= 11 is 1.56. The molecule has 0 radical (unpaired) electrons. The van der Waals surface area contributed by atoms with E-state index in [1.807, 2.05) is 6.92 Å². The molecule has 2 unspecified atom stereocenters. The highest BCUT2D eigenvalue weighted by Crippen LogP contribution is 2.39. The molecule has 1 heterocycles. The Morgan fingerprint density at radius 2 is 2.43 bits per heavy atom. The van der Waals surface area contributed by atoms with Crippen LogP contribution in [0.1, 0.15) is 32.6 Å². The van der Waals surface area contributed by atoms with Crippen LogP contribution in [0.3, 0.4) is 0 Å². The summed E-state index contributed by atoms with van der Waals surface area (Å²) in [6, 6.07) is 0. The summed E-state index contributed by atoms with van der Waals surface area (Å²) in [5, 5.41) is 10.6. The van der Waals surface area contributed by atoms with Crippen LogP contribution in [0.25, 0.3) is 0 Å². The predicted octanol–water partition coefficient (Wildman–Crippen LogP) is 0.757. The minimum Gasteiger partial charge on any atom is -0.468 e. The minimum absolute atomic E-state index is 0.176. The van der Waals surface area contributed by atoms with E-state index in [0.717, 1.165) is 19.3 Å². The highest BCUT2D eigenvalue weighted by molar-refractivity contribution is 7.99. The minimum atomic E-state index is -0.612. The second-order valence-corrected chi connectivity index (χ2v) is 6.54. The molecule has 0 aromatic carbocycles. The number of carbonyl (C=O) groups is 1. The average Bonchev–Trinajstić information content (AvgIpc) is 3.06. The van der Waals surface area contributed by atoms with E-state index >= 15 is 0 Å². The quantitative estimate of drug-likeness (QED) is 0.754. The molecule has 0 amide bonds. The Balaban J connectivity index is 2.09. The van der Waals surface area contributed by atoms with Crippen LogP contribution in [0, 0.1) is 0 Å². The number of nitrogens with one attached hydrogen (secondary N) is 2. The molecule has 8 heteroatoms. The number of aromatic amines is 1. The molecular weight excluding hydrogens is 292 g/mol. The van der Waals surface area contributed by atoms with E-state index in [1.54, 1.807) is 23.4 Å². The van der Waals surface area contributed by atoms with Gasteiger partial charge in [0, 0.05) is 11.8 Å². The number of thioether (sulfide) groups is 1. The molecule has 1 aliphatic rings. The third kappa shape index (κ3) is 3.16. The van der Waals surface area contributed by atoms with Crippen molar-refractivity contribution in [2.24, 2.45) is 0 Å². The first-order valence-electron chi connectivity index (χ1n) is 7.15. The molecule has 0 spiro atoms.